The SMILES string of the molecule is COc1cc(OC)c(C=CS(=O)(=O)Nc2ccc(OC)c(N)c2)c(OC)c1.NCCCC[C@H](N)C(N)=O. The number of anilines is 2. The number of nitrogen functional groups attached to an aromatic ring is 1. The van der Waals surface area contributed by atoms with Crippen LogP contribution in [0.25, 0.3) is 6.08 Å². The van der Waals surface area contributed by atoms with Crippen LogP contribution in [0, 0.1) is 0 Å². The minimum atomic E-state index is -3.80. The fourth-order valence-corrected chi connectivity index (χ4v) is 3.84. The molecule has 206 valence electrons. The van der Waals surface area contributed by atoms with Crippen LogP contribution in [0.2, 0.25) is 0 Å². The Kier molecular flexibility index (Phi) is 13.1. The maximum Gasteiger partial charge on any atom is 0.255 e. The van der Waals surface area contributed by atoms with Crippen molar-refractivity contribution in [3.63, 3.8) is 0 Å². The van der Waals surface area contributed by atoms with Crippen molar-refractivity contribution in [3.8, 4) is 23.0 Å². The lowest BCUT2D eigenvalue weighted by Gasteiger charge is -2.12. The number of sulfonamides is 1. The first-order valence-corrected chi connectivity index (χ1v) is 12.8. The van der Waals surface area contributed by atoms with E-state index in [9.17, 15) is 13.2 Å². The second-order valence-corrected chi connectivity index (χ2v) is 9.21. The Morgan fingerprint density at radius 1 is 0.973 bits per heavy atom. The number of rotatable bonds is 13. The lowest BCUT2D eigenvalue weighted by molar-refractivity contribution is -0.119. The molecular formula is C24H37N5O7S. The van der Waals surface area contributed by atoms with Crippen LogP contribution in [0.4, 0.5) is 11.4 Å². The van der Waals surface area contributed by atoms with Crippen LogP contribution in [0.1, 0.15) is 24.8 Å². The molecule has 12 nitrogen and oxygen atoms in total. The molecule has 9 N–H and O–H groups in total. The third-order valence-corrected chi connectivity index (χ3v) is 6.01. The van der Waals surface area contributed by atoms with E-state index in [1.165, 1.54) is 40.6 Å². The first-order valence-electron chi connectivity index (χ1n) is 11.2. The van der Waals surface area contributed by atoms with Crippen molar-refractivity contribution in [1.29, 1.82) is 0 Å². The molecule has 0 aliphatic rings. The van der Waals surface area contributed by atoms with Gasteiger partial charge >= 0.3 is 0 Å². The maximum atomic E-state index is 12.4. The smallest absolute Gasteiger partial charge is 0.255 e. The van der Waals surface area contributed by atoms with Gasteiger partial charge in [-0.3, -0.25) is 9.52 Å². The summed E-state index contributed by atoms with van der Waals surface area (Å²) >= 11 is 0. The monoisotopic (exact) mass is 539 g/mol. The second kappa shape index (κ2) is 15.4. The summed E-state index contributed by atoms with van der Waals surface area (Å²) in [4.78, 5) is 10.4. The van der Waals surface area contributed by atoms with Crippen LogP contribution in [-0.2, 0) is 14.8 Å². The number of amides is 1. The van der Waals surface area contributed by atoms with Crippen molar-refractivity contribution in [2.75, 3.05) is 45.4 Å². The number of unbranched alkanes of at least 4 members (excludes halogenated alkanes) is 1. The lowest BCUT2D eigenvalue weighted by atomic mass is 10.1. The molecule has 13 heteroatoms. The number of carbonyl (C=O) groups excluding carboxylic acids is 1. The van der Waals surface area contributed by atoms with Gasteiger partial charge in [0.05, 0.1) is 56.8 Å². The summed E-state index contributed by atoms with van der Waals surface area (Å²) in [6, 6.07) is 7.37. The van der Waals surface area contributed by atoms with Crippen LogP contribution in [0.3, 0.4) is 0 Å². The molecule has 1 amide bonds. The molecule has 0 radical (unpaired) electrons. The molecule has 1 atom stereocenters. The lowest BCUT2D eigenvalue weighted by Crippen LogP contribution is -2.36. The summed E-state index contributed by atoms with van der Waals surface area (Å²) in [6.07, 6.45) is 3.81. The Bertz CT molecular complexity index is 1130. The molecule has 2 aromatic carbocycles. The van der Waals surface area contributed by atoms with Gasteiger partial charge in [-0.05, 0) is 43.7 Å². The Morgan fingerprint density at radius 2 is 1.57 bits per heavy atom. The van der Waals surface area contributed by atoms with Crippen molar-refractivity contribution in [2.24, 2.45) is 17.2 Å². The third-order valence-electron chi connectivity index (χ3n) is 4.99. The minimum absolute atomic E-state index is 0.312. The second-order valence-electron chi connectivity index (χ2n) is 7.65. The van der Waals surface area contributed by atoms with E-state index in [0.717, 1.165) is 18.2 Å². The topological polar surface area (TPSA) is 204 Å². The van der Waals surface area contributed by atoms with Crippen LogP contribution < -0.4 is 46.6 Å². The molecule has 0 aromatic heterocycles. The molecule has 0 bridgehead atoms. The van der Waals surface area contributed by atoms with Gasteiger partial charge in [0, 0.05) is 12.1 Å². The van der Waals surface area contributed by atoms with Gasteiger partial charge in [-0.2, -0.15) is 0 Å². The van der Waals surface area contributed by atoms with E-state index in [-0.39, 0.29) is 0 Å². The number of nitrogens with two attached hydrogens (primary N) is 4. The Labute approximate surface area is 217 Å². The number of nitrogens with one attached hydrogen (secondary N) is 1. The third kappa shape index (κ3) is 10.5. The molecule has 0 saturated carbocycles. The Balaban J connectivity index is 0.000000580. The predicted molar refractivity (Wildman–Crippen MR) is 145 cm³/mol. The zero-order valence-electron chi connectivity index (χ0n) is 21.5. The Morgan fingerprint density at radius 3 is 2.03 bits per heavy atom. The fraction of sp³-hybridized carbons (Fsp3) is 0.375. The first-order chi connectivity index (χ1) is 17.5. The van der Waals surface area contributed by atoms with Gasteiger partial charge in [0.25, 0.3) is 10.0 Å². The first kappa shape index (κ1) is 31.4. The Hall–Kier alpha value is -3.68. The highest BCUT2D eigenvalue weighted by molar-refractivity contribution is 7.95. The van der Waals surface area contributed by atoms with Crippen LogP contribution >= 0.6 is 0 Å². The number of ether oxygens (including phenoxy) is 4. The van der Waals surface area contributed by atoms with E-state index < -0.39 is 22.0 Å². The molecule has 0 spiro atoms. The van der Waals surface area contributed by atoms with Gasteiger partial charge in [0.15, 0.2) is 0 Å². The normalized spacial score (nSPS) is 11.7. The van der Waals surface area contributed by atoms with E-state index in [1.807, 2.05) is 0 Å². The van der Waals surface area contributed by atoms with Gasteiger partial charge in [0.1, 0.15) is 23.0 Å². The van der Waals surface area contributed by atoms with Crippen LogP contribution in [0.5, 0.6) is 23.0 Å². The number of primary amides is 1. The summed E-state index contributed by atoms with van der Waals surface area (Å²) < 4.78 is 48.0. The highest BCUT2D eigenvalue weighted by atomic mass is 32.2. The van der Waals surface area contributed by atoms with E-state index >= 15 is 0 Å². The molecule has 0 saturated heterocycles. The van der Waals surface area contributed by atoms with E-state index in [4.69, 9.17) is 41.9 Å². The number of hydrogen-bond acceptors (Lipinski definition) is 10. The molecule has 0 heterocycles. The quantitative estimate of drug-likeness (QED) is 0.184. The molecule has 37 heavy (non-hydrogen) atoms. The number of benzene rings is 2. The number of hydrogen-bond donors (Lipinski definition) is 5. The predicted octanol–water partition coefficient (Wildman–Crippen LogP) is 1.64. The van der Waals surface area contributed by atoms with Crippen molar-refractivity contribution in [2.45, 2.75) is 25.3 Å². The number of methoxy groups -OCH3 is 4. The summed E-state index contributed by atoms with van der Waals surface area (Å²) in [6.45, 7) is 0.644. The molecule has 2 aromatic rings. The van der Waals surface area contributed by atoms with E-state index in [1.54, 1.807) is 24.3 Å². The summed E-state index contributed by atoms with van der Waals surface area (Å²) in [5.74, 6) is 1.37. The van der Waals surface area contributed by atoms with Crippen molar-refractivity contribution in [3.05, 3.63) is 41.3 Å². The fourth-order valence-electron chi connectivity index (χ4n) is 3.00. The highest BCUT2D eigenvalue weighted by Crippen LogP contribution is 2.35. The van der Waals surface area contributed by atoms with Gasteiger partial charge in [0.2, 0.25) is 5.91 Å². The van der Waals surface area contributed by atoms with Gasteiger partial charge in [-0.15, -0.1) is 0 Å². The zero-order chi connectivity index (χ0) is 28.0. The zero-order valence-corrected chi connectivity index (χ0v) is 22.3. The molecule has 0 aliphatic carbocycles. The minimum Gasteiger partial charge on any atom is -0.496 e. The van der Waals surface area contributed by atoms with Gasteiger partial charge in [-0.25, -0.2) is 8.42 Å². The summed E-state index contributed by atoms with van der Waals surface area (Å²) in [7, 11) is 2.13. The molecule has 0 aliphatic heterocycles. The summed E-state index contributed by atoms with van der Waals surface area (Å²) in [5, 5.41) is 1.01. The highest BCUT2D eigenvalue weighted by Gasteiger charge is 2.13. The maximum absolute atomic E-state index is 12.4. The largest absolute Gasteiger partial charge is 0.496 e. The summed E-state index contributed by atoms with van der Waals surface area (Å²) in [5.41, 5.74) is 22.4. The van der Waals surface area contributed by atoms with Crippen LogP contribution in [0.15, 0.2) is 35.7 Å². The van der Waals surface area contributed by atoms with Crippen LogP contribution in [-0.4, -0.2) is 55.4 Å². The van der Waals surface area contributed by atoms with E-state index in [0.29, 0.717) is 52.9 Å². The number of carbonyl (C=O) groups is 1. The molecule has 0 fully saturated rings. The molecule has 0 unspecified atom stereocenters. The average molecular weight is 540 g/mol. The van der Waals surface area contributed by atoms with Crippen molar-refractivity contribution in [1.82, 2.24) is 0 Å². The van der Waals surface area contributed by atoms with Gasteiger partial charge in [-0.1, -0.05) is 6.42 Å². The molecule has 2 rings (SSSR count). The molecular weight excluding hydrogens is 502 g/mol. The van der Waals surface area contributed by atoms with Crippen molar-refractivity contribution < 1.29 is 32.2 Å². The van der Waals surface area contributed by atoms with E-state index in [2.05, 4.69) is 4.72 Å². The average Bonchev–Trinajstić information content (AvgIpc) is 2.87. The standard InChI is InChI=1S/C18H22N2O6S.C6H15N3O/c1-23-13-10-17(25-3)14(18(11-13)26-4)7-8-27(21,22)20-12-5-6-16(24-2)15(19)9-12;7-4-2-1-3-5(8)6(9)10/h5-11,20H,19H2,1-4H3;5H,1-4,7-8H2,(H2,9,10)/t;5-/m.0/s1. The van der Waals surface area contributed by atoms with Gasteiger partial charge < -0.3 is 41.9 Å². The van der Waals surface area contributed by atoms with Crippen molar-refractivity contribution >= 4 is 33.4 Å².